The van der Waals surface area contributed by atoms with Gasteiger partial charge in [0.25, 0.3) is 5.88 Å². The fourth-order valence-electron chi connectivity index (χ4n) is 1.76. The van der Waals surface area contributed by atoms with E-state index in [1.165, 1.54) is 18.3 Å². The summed E-state index contributed by atoms with van der Waals surface area (Å²) < 4.78 is 11.0. The molecule has 0 N–H and O–H groups in total. The van der Waals surface area contributed by atoms with Crippen LogP contribution >= 0.6 is 0 Å². The van der Waals surface area contributed by atoms with Gasteiger partial charge in [-0.1, -0.05) is 6.07 Å². The molecule has 0 saturated heterocycles. The second-order valence-electron chi connectivity index (χ2n) is 4.30. The monoisotopic (exact) mass is 310 g/mol. The molecule has 0 unspecified atom stereocenters. The molecule has 0 spiro atoms. The molecule has 0 aliphatic heterocycles. The third-order valence-electron chi connectivity index (χ3n) is 2.72. The van der Waals surface area contributed by atoms with E-state index in [4.69, 9.17) is 9.47 Å². The summed E-state index contributed by atoms with van der Waals surface area (Å²) in [6.45, 7) is 0. The van der Waals surface area contributed by atoms with E-state index in [2.05, 4.69) is 15.0 Å². The first kappa shape index (κ1) is 14.4. The summed E-state index contributed by atoms with van der Waals surface area (Å²) >= 11 is 0. The number of aromatic nitrogens is 3. The lowest BCUT2D eigenvalue weighted by Gasteiger charge is -2.07. The molecule has 8 heteroatoms. The molecule has 23 heavy (non-hydrogen) atoms. The van der Waals surface area contributed by atoms with E-state index in [9.17, 15) is 10.1 Å². The van der Waals surface area contributed by atoms with E-state index >= 15 is 0 Å². The topological polar surface area (TPSA) is 100 Å². The van der Waals surface area contributed by atoms with Crippen molar-refractivity contribution in [3.8, 4) is 23.4 Å². The molecule has 2 aromatic heterocycles. The fraction of sp³-hybridized carbons (Fsp3) is 0. The molecule has 3 aromatic rings. The van der Waals surface area contributed by atoms with Gasteiger partial charge in [-0.05, 0) is 24.3 Å². The second-order valence-corrected chi connectivity index (χ2v) is 4.30. The minimum atomic E-state index is -0.555. The predicted molar refractivity (Wildman–Crippen MR) is 79.5 cm³/mol. The van der Waals surface area contributed by atoms with E-state index in [0.29, 0.717) is 11.5 Å². The van der Waals surface area contributed by atoms with E-state index < -0.39 is 4.92 Å². The Balaban J connectivity index is 1.82. The van der Waals surface area contributed by atoms with Crippen LogP contribution in [0.25, 0.3) is 0 Å². The molecule has 3 rings (SSSR count). The largest absolute Gasteiger partial charge is 0.434 e. The van der Waals surface area contributed by atoms with Gasteiger partial charge in [0, 0.05) is 30.7 Å². The lowest BCUT2D eigenvalue weighted by atomic mass is 10.3. The molecular formula is C15H10N4O4. The van der Waals surface area contributed by atoms with Crippen LogP contribution in [-0.2, 0) is 0 Å². The zero-order valence-electron chi connectivity index (χ0n) is 11.7. The summed E-state index contributed by atoms with van der Waals surface area (Å²) in [4.78, 5) is 22.2. The molecule has 1 aromatic carbocycles. The van der Waals surface area contributed by atoms with Crippen LogP contribution < -0.4 is 9.47 Å². The number of pyridine rings is 1. The number of ether oxygens (including phenoxy) is 2. The minimum Gasteiger partial charge on any atom is -0.434 e. The molecule has 8 nitrogen and oxygen atoms in total. The van der Waals surface area contributed by atoms with E-state index in [1.54, 1.807) is 42.7 Å². The van der Waals surface area contributed by atoms with Crippen LogP contribution in [0.5, 0.6) is 23.4 Å². The van der Waals surface area contributed by atoms with Gasteiger partial charge < -0.3 is 9.47 Å². The highest BCUT2D eigenvalue weighted by Crippen LogP contribution is 2.30. The van der Waals surface area contributed by atoms with Gasteiger partial charge in [-0.15, -0.1) is 0 Å². The first-order valence-electron chi connectivity index (χ1n) is 6.54. The van der Waals surface area contributed by atoms with Crippen LogP contribution in [0.1, 0.15) is 0 Å². The summed E-state index contributed by atoms with van der Waals surface area (Å²) in [5, 5.41) is 11.0. The Labute approximate surface area is 130 Å². The van der Waals surface area contributed by atoms with Gasteiger partial charge in [0.2, 0.25) is 0 Å². The first-order chi connectivity index (χ1) is 11.2. The molecule has 2 heterocycles. The summed E-state index contributed by atoms with van der Waals surface area (Å²) in [7, 11) is 0. The number of hydrogen-bond donors (Lipinski definition) is 0. The van der Waals surface area contributed by atoms with E-state index in [1.807, 2.05) is 0 Å². The molecule has 0 radical (unpaired) electrons. The zero-order valence-corrected chi connectivity index (χ0v) is 11.7. The molecule has 0 atom stereocenters. The number of nitrogens with zero attached hydrogens (tertiary/aromatic N) is 4. The maximum Gasteiger partial charge on any atom is 0.331 e. The summed E-state index contributed by atoms with van der Waals surface area (Å²) in [5.74, 6) is 0.693. The molecular weight excluding hydrogens is 300 g/mol. The second kappa shape index (κ2) is 6.48. The molecule has 0 fully saturated rings. The Kier molecular flexibility index (Phi) is 4.05. The third kappa shape index (κ3) is 3.56. The van der Waals surface area contributed by atoms with Crippen LogP contribution in [0.2, 0.25) is 0 Å². The van der Waals surface area contributed by atoms with Crippen LogP contribution in [0.15, 0.2) is 61.1 Å². The minimum absolute atomic E-state index is 0.0920. The summed E-state index contributed by atoms with van der Waals surface area (Å²) in [5.41, 5.74) is -0.217. The SMILES string of the molecule is O=[N+]([O-])c1cccnc1Oc1cccc(Oc2ncccn2)c1. The van der Waals surface area contributed by atoms with Crippen molar-refractivity contribution >= 4 is 5.69 Å². The first-order valence-corrected chi connectivity index (χ1v) is 6.54. The highest BCUT2D eigenvalue weighted by Gasteiger charge is 2.16. The van der Waals surface area contributed by atoms with Crippen molar-refractivity contribution in [2.75, 3.05) is 0 Å². The predicted octanol–water partition coefficient (Wildman–Crippen LogP) is 3.36. The highest BCUT2D eigenvalue weighted by atomic mass is 16.6. The van der Waals surface area contributed by atoms with Crippen molar-refractivity contribution in [1.29, 1.82) is 0 Å². The van der Waals surface area contributed by atoms with Crippen LogP contribution in [0.3, 0.4) is 0 Å². The van der Waals surface area contributed by atoms with Gasteiger partial charge in [-0.25, -0.2) is 15.0 Å². The summed E-state index contributed by atoms with van der Waals surface area (Å²) in [6.07, 6.45) is 4.53. The van der Waals surface area contributed by atoms with Crippen molar-refractivity contribution in [1.82, 2.24) is 15.0 Å². The number of nitro groups is 1. The lowest BCUT2D eigenvalue weighted by Crippen LogP contribution is -1.96. The Morgan fingerprint density at radius 2 is 1.57 bits per heavy atom. The van der Waals surface area contributed by atoms with Crippen molar-refractivity contribution in [2.24, 2.45) is 0 Å². The maximum absolute atomic E-state index is 11.0. The maximum atomic E-state index is 11.0. The smallest absolute Gasteiger partial charge is 0.331 e. The van der Waals surface area contributed by atoms with Gasteiger partial charge in [-0.2, -0.15) is 0 Å². The van der Waals surface area contributed by atoms with Gasteiger partial charge >= 0.3 is 11.7 Å². The molecule has 0 aliphatic carbocycles. The number of hydrogen-bond acceptors (Lipinski definition) is 7. The molecule has 0 amide bonds. The third-order valence-corrected chi connectivity index (χ3v) is 2.72. The van der Waals surface area contributed by atoms with Crippen LogP contribution in [0.4, 0.5) is 5.69 Å². The molecule has 0 saturated carbocycles. The average Bonchev–Trinajstić information content (AvgIpc) is 2.56. The molecule has 0 aliphatic rings. The standard InChI is InChI=1S/C15H10N4O4/c20-19(21)13-6-2-7-16-14(13)22-11-4-1-5-12(10-11)23-15-17-8-3-9-18-15/h1-10H. The average molecular weight is 310 g/mol. The van der Waals surface area contributed by atoms with Gasteiger partial charge in [-0.3, -0.25) is 10.1 Å². The highest BCUT2D eigenvalue weighted by molar-refractivity contribution is 5.44. The van der Waals surface area contributed by atoms with E-state index in [-0.39, 0.29) is 17.6 Å². The Bertz CT molecular complexity index is 826. The normalized spacial score (nSPS) is 10.1. The van der Waals surface area contributed by atoms with Gasteiger partial charge in [0.05, 0.1) is 4.92 Å². The van der Waals surface area contributed by atoms with Crippen molar-refractivity contribution in [3.63, 3.8) is 0 Å². The van der Waals surface area contributed by atoms with Crippen molar-refractivity contribution in [3.05, 3.63) is 71.2 Å². The van der Waals surface area contributed by atoms with Crippen molar-refractivity contribution < 1.29 is 14.4 Å². The molecule has 114 valence electrons. The Morgan fingerprint density at radius 3 is 2.30 bits per heavy atom. The Morgan fingerprint density at radius 1 is 0.870 bits per heavy atom. The van der Waals surface area contributed by atoms with Crippen LogP contribution in [0, 0.1) is 10.1 Å². The number of rotatable bonds is 5. The van der Waals surface area contributed by atoms with E-state index in [0.717, 1.165) is 0 Å². The number of benzene rings is 1. The quantitative estimate of drug-likeness (QED) is 0.526. The zero-order chi connectivity index (χ0) is 16.1. The van der Waals surface area contributed by atoms with Gasteiger partial charge in [0.15, 0.2) is 0 Å². The van der Waals surface area contributed by atoms with Crippen molar-refractivity contribution in [2.45, 2.75) is 0 Å². The van der Waals surface area contributed by atoms with Crippen LogP contribution in [-0.4, -0.2) is 19.9 Å². The van der Waals surface area contributed by atoms with Gasteiger partial charge in [0.1, 0.15) is 11.5 Å². The molecule has 0 bridgehead atoms. The fourth-order valence-corrected chi connectivity index (χ4v) is 1.76. The lowest BCUT2D eigenvalue weighted by molar-refractivity contribution is -0.386. The Hall–Kier alpha value is -3.55. The summed E-state index contributed by atoms with van der Waals surface area (Å²) in [6, 6.07) is 11.2.